The number of benzene rings is 1. The van der Waals surface area contributed by atoms with Crippen molar-refractivity contribution < 1.29 is 19.1 Å². The molecule has 1 aromatic rings. The Hall–Kier alpha value is -1.99. The smallest absolute Gasteiger partial charge is 0.255 e. The van der Waals surface area contributed by atoms with Crippen LogP contribution < -0.4 is 20.9 Å². The van der Waals surface area contributed by atoms with Gasteiger partial charge in [0.05, 0.1) is 12.1 Å². The quantitative estimate of drug-likeness (QED) is 0.796. The van der Waals surface area contributed by atoms with Gasteiger partial charge in [0, 0.05) is 24.7 Å². The molecule has 1 aliphatic rings. The fraction of sp³-hybridized carbons (Fsp3) is 0.500. The molecule has 0 spiro atoms. The number of ether oxygens (including phenoxy) is 2. The second kappa shape index (κ2) is 8.21. The molecular weight excluding hydrogens is 334 g/mol. The Morgan fingerprint density at radius 3 is 2.75 bits per heavy atom. The highest BCUT2D eigenvalue weighted by Crippen LogP contribution is 2.37. The number of hydrogen-bond donors (Lipinski definition) is 2. The van der Waals surface area contributed by atoms with Gasteiger partial charge in [0.2, 0.25) is 0 Å². The third kappa shape index (κ3) is 4.10. The lowest BCUT2D eigenvalue weighted by atomic mass is 10.0. The van der Waals surface area contributed by atoms with Gasteiger partial charge in [0.1, 0.15) is 0 Å². The monoisotopic (exact) mass is 355 g/mol. The van der Waals surface area contributed by atoms with Crippen molar-refractivity contribution in [1.29, 1.82) is 0 Å². The van der Waals surface area contributed by atoms with E-state index in [0.717, 1.165) is 19.3 Å². The third-order valence-corrected chi connectivity index (χ3v) is 4.28. The summed E-state index contributed by atoms with van der Waals surface area (Å²) in [6, 6.07) is 3.08. The summed E-state index contributed by atoms with van der Waals surface area (Å²) in [5, 5.41) is 0.181. The van der Waals surface area contributed by atoms with E-state index in [0.29, 0.717) is 18.7 Å². The van der Waals surface area contributed by atoms with Crippen LogP contribution in [0.4, 0.5) is 0 Å². The molecule has 0 radical (unpaired) electrons. The van der Waals surface area contributed by atoms with Gasteiger partial charge in [-0.2, -0.15) is 0 Å². The molecule has 0 aromatic heterocycles. The SMILES string of the molecule is COc1cc(C(=O)N2CCCCC2CN)cc(Cl)c1OCC(N)=O. The molecule has 7 nitrogen and oxygen atoms in total. The van der Waals surface area contributed by atoms with Gasteiger partial charge in [-0.25, -0.2) is 0 Å². The number of halogens is 1. The number of rotatable bonds is 6. The highest BCUT2D eigenvalue weighted by atomic mass is 35.5. The van der Waals surface area contributed by atoms with Gasteiger partial charge in [0.25, 0.3) is 11.8 Å². The first-order valence-electron chi connectivity index (χ1n) is 7.77. The minimum Gasteiger partial charge on any atom is -0.493 e. The molecule has 132 valence electrons. The van der Waals surface area contributed by atoms with Gasteiger partial charge < -0.3 is 25.8 Å². The number of amides is 2. The Balaban J connectivity index is 2.28. The van der Waals surface area contributed by atoms with Crippen LogP contribution in [0.3, 0.4) is 0 Å². The van der Waals surface area contributed by atoms with Crippen molar-refractivity contribution in [3.05, 3.63) is 22.7 Å². The summed E-state index contributed by atoms with van der Waals surface area (Å²) in [6.07, 6.45) is 2.91. The summed E-state index contributed by atoms with van der Waals surface area (Å²) >= 11 is 6.20. The van der Waals surface area contributed by atoms with E-state index in [2.05, 4.69) is 0 Å². The number of hydrogen-bond acceptors (Lipinski definition) is 5. The largest absolute Gasteiger partial charge is 0.493 e. The molecule has 0 saturated carbocycles. The molecule has 1 aromatic carbocycles. The highest BCUT2D eigenvalue weighted by molar-refractivity contribution is 6.32. The van der Waals surface area contributed by atoms with E-state index in [9.17, 15) is 9.59 Å². The standard InChI is InChI=1S/C16H22ClN3O4/c1-23-13-7-10(6-12(17)15(13)24-9-14(19)21)16(22)20-5-3-2-4-11(20)8-18/h6-7,11H,2-5,8-9,18H2,1H3,(H2,19,21). The van der Waals surface area contributed by atoms with Crippen molar-refractivity contribution in [2.45, 2.75) is 25.3 Å². The molecule has 0 aliphatic carbocycles. The fourth-order valence-corrected chi connectivity index (χ4v) is 3.07. The summed E-state index contributed by atoms with van der Waals surface area (Å²) < 4.78 is 10.5. The van der Waals surface area contributed by atoms with Crippen LogP contribution in [0, 0.1) is 0 Å². The van der Waals surface area contributed by atoms with Crippen LogP contribution in [0.1, 0.15) is 29.6 Å². The highest BCUT2D eigenvalue weighted by Gasteiger charge is 2.27. The van der Waals surface area contributed by atoms with E-state index in [1.807, 2.05) is 0 Å². The van der Waals surface area contributed by atoms with Crippen LogP contribution >= 0.6 is 11.6 Å². The predicted molar refractivity (Wildman–Crippen MR) is 90.4 cm³/mol. The van der Waals surface area contributed by atoms with E-state index in [1.165, 1.54) is 13.2 Å². The number of primary amides is 1. The molecule has 1 heterocycles. The van der Waals surface area contributed by atoms with E-state index >= 15 is 0 Å². The Morgan fingerprint density at radius 2 is 2.12 bits per heavy atom. The van der Waals surface area contributed by atoms with Gasteiger partial charge in [-0.05, 0) is 31.4 Å². The normalized spacial score (nSPS) is 17.5. The topological polar surface area (TPSA) is 108 Å². The molecule has 4 N–H and O–H groups in total. The fourth-order valence-electron chi connectivity index (χ4n) is 2.81. The lowest BCUT2D eigenvalue weighted by molar-refractivity contribution is -0.119. The lowest BCUT2D eigenvalue weighted by Crippen LogP contribution is -2.47. The van der Waals surface area contributed by atoms with Crippen LogP contribution in [-0.4, -0.2) is 49.6 Å². The molecule has 8 heteroatoms. The molecule has 0 bridgehead atoms. The summed E-state index contributed by atoms with van der Waals surface area (Å²) in [4.78, 5) is 25.5. The average molecular weight is 356 g/mol. The minimum atomic E-state index is -0.632. The number of piperidine rings is 1. The van der Waals surface area contributed by atoms with Crippen LogP contribution in [0.5, 0.6) is 11.5 Å². The molecule has 2 amide bonds. The third-order valence-electron chi connectivity index (χ3n) is 4.00. The molecule has 1 unspecified atom stereocenters. The molecule has 1 saturated heterocycles. The first-order valence-corrected chi connectivity index (χ1v) is 8.15. The summed E-state index contributed by atoms with van der Waals surface area (Å²) in [5.74, 6) is -0.323. The second-order valence-electron chi connectivity index (χ2n) is 5.63. The molecular formula is C16H22ClN3O4. The van der Waals surface area contributed by atoms with Crippen molar-refractivity contribution in [2.75, 3.05) is 26.8 Å². The molecule has 2 rings (SSSR count). The van der Waals surface area contributed by atoms with Crippen molar-refractivity contribution in [2.24, 2.45) is 11.5 Å². The Labute approximate surface area is 145 Å². The van der Waals surface area contributed by atoms with Crippen LogP contribution in [0.25, 0.3) is 0 Å². The average Bonchev–Trinajstić information content (AvgIpc) is 2.59. The Morgan fingerprint density at radius 1 is 1.38 bits per heavy atom. The minimum absolute atomic E-state index is 0.0295. The maximum atomic E-state index is 12.8. The zero-order valence-electron chi connectivity index (χ0n) is 13.6. The van der Waals surface area contributed by atoms with Gasteiger partial charge in [-0.3, -0.25) is 9.59 Å². The Kier molecular flexibility index (Phi) is 6.28. The number of nitrogens with zero attached hydrogens (tertiary/aromatic N) is 1. The lowest BCUT2D eigenvalue weighted by Gasteiger charge is -2.35. The summed E-state index contributed by atoms with van der Waals surface area (Å²) in [6.45, 7) is 0.766. The van der Waals surface area contributed by atoms with E-state index < -0.39 is 5.91 Å². The number of nitrogens with two attached hydrogens (primary N) is 2. The van der Waals surface area contributed by atoms with Gasteiger partial charge in [-0.1, -0.05) is 11.6 Å². The van der Waals surface area contributed by atoms with Gasteiger partial charge in [-0.15, -0.1) is 0 Å². The predicted octanol–water partition coefficient (Wildman–Crippen LogP) is 1.17. The van der Waals surface area contributed by atoms with E-state index in [1.54, 1.807) is 11.0 Å². The molecule has 1 aliphatic heterocycles. The van der Waals surface area contributed by atoms with Crippen molar-refractivity contribution in [3.8, 4) is 11.5 Å². The first kappa shape index (κ1) is 18.4. The number of methoxy groups -OCH3 is 1. The Bertz CT molecular complexity index is 624. The van der Waals surface area contributed by atoms with Gasteiger partial charge in [0.15, 0.2) is 18.1 Å². The van der Waals surface area contributed by atoms with E-state index in [-0.39, 0.29) is 35.1 Å². The van der Waals surface area contributed by atoms with Crippen molar-refractivity contribution in [1.82, 2.24) is 4.90 Å². The summed E-state index contributed by atoms with van der Waals surface area (Å²) in [7, 11) is 1.43. The number of carbonyl (C=O) groups excluding carboxylic acids is 2. The van der Waals surface area contributed by atoms with Crippen LogP contribution in [-0.2, 0) is 4.79 Å². The molecule has 1 fully saturated rings. The maximum absolute atomic E-state index is 12.8. The zero-order chi connectivity index (χ0) is 17.7. The molecule has 1 atom stereocenters. The number of likely N-dealkylation sites (tertiary alicyclic amines) is 1. The van der Waals surface area contributed by atoms with Crippen LogP contribution in [0.15, 0.2) is 12.1 Å². The van der Waals surface area contributed by atoms with Crippen molar-refractivity contribution >= 4 is 23.4 Å². The molecule has 24 heavy (non-hydrogen) atoms. The zero-order valence-corrected chi connectivity index (χ0v) is 14.3. The van der Waals surface area contributed by atoms with Gasteiger partial charge >= 0.3 is 0 Å². The van der Waals surface area contributed by atoms with Crippen LogP contribution in [0.2, 0.25) is 5.02 Å². The number of carbonyl (C=O) groups is 2. The summed E-state index contributed by atoms with van der Waals surface area (Å²) in [5.41, 5.74) is 11.2. The first-order chi connectivity index (χ1) is 11.5. The maximum Gasteiger partial charge on any atom is 0.255 e. The second-order valence-corrected chi connectivity index (χ2v) is 6.04. The van der Waals surface area contributed by atoms with Crippen molar-refractivity contribution in [3.63, 3.8) is 0 Å². The van der Waals surface area contributed by atoms with E-state index in [4.69, 9.17) is 32.5 Å².